The van der Waals surface area contributed by atoms with E-state index in [4.69, 9.17) is 4.42 Å². The number of furan rings is 1. The Bertz CT molecular complexity index is 759. The fraction of sp³-hybridized carbons (Fsp3) is 0.0667. The van der Waals surface area contributed by atoms with Gasteiger partial charge in [0.25, 0.3) is 0 Å². The zero-order valence-electron chi connectivity index (χ0n) is 10.2. The van der Waals surface area contributed by atoms with Crippen LogP contribution in [0.5, 0.6) is 0 Å². The number of aryl methyl sites for hydroxylation is 1. The summed E-state index contributed by atoms with van der Waals surface area (Å²) in [4.78, 5) is 16.4. The fourth-order valence-electron chi connectivity index (χ4n) is 1.88. The lowest BCUT2D eigenvalue weighted by molar-refractivity contribution is 0.101. The molecular formula is C15H10FNO2. The first kappa shape index (κ1) is 11.6. The van der Waals surface area contributed by atoms with E-state index < -0.39 is 0 Å². The zero-order valence-corrected chi connectivity index (χ0v) is 10.2. The van der Waals surface area contributed by atoms with E-state index in [2.05, 4.69) is 4.98 Å². The van der Waals surface area contributed by atoms with E-state index in [0.717, 1.165) is 5.69 Å². The average molecular weight is 255 g/mol. The van der Waals surface area contributed by atoms with Crippen molar-refractivity contribution in [3.05, 3.63) is 65.3 Å². The Hall–Kier alpha value is -2.49. The summed E-state index contributed by atoms with van der Waals surface area (Å²) >= 11 is 0. The number of halogens is 1. The van der Waals surface area contributed by atoms with E-state index >= 15 is 0 Å². The molecule has 0 saturated heterocycles. The van der Waals surface area contributed by atoms with Crippen LogP contribution >= 0.6 is 0 Å². The van der Waals surface area contributed by atoms with Gasteiger partial charge in [-0.15, -0.1) is 0 Å². The van der Waals surface area contributed by atoms with Gasteiger partial charge in [0.15, 0.2) is 11.3 Å². The van der Waals surface area contributed by atoms with E-state index in [9.17, 15) is 9.18 Å². The van der Waals surface area contributed by atoms with Crippen LogP contribution in [0, 0.1) is 12.7 Å². The van der Waals surface area contributed by atoms with Crippen molar-refractivity contribution < 1.29 is 13.6 Å². The van der Waals surface area contributed by atoms with E-state index in [1.54, 1.807) is 12.1 Å². The van der Waals surface area contributed by atoms with Crippen LogP contribution < -0.4 is 0 Å². The summed E-state index contributed by atoms with van der Waals surface area (Å²) in [5.41, 5.74) is 2.45. The molecule has 0 aliphatic carbocycles. The van der Waals surface area contributed by atoms with Crippen LogP contribution in [0.3, 0.4) is 0 Å². The maximum atomic E-state index is 12.8. The number of ketones is 1. The highest BCUT2D eigenvalue weighted by Gasteiger charge is 2.15. The van der Waals surface area contributed by atoms with Gasteiger partial charge in [0.2, 0.25) is 5.78 Å². The van der Waals surface area contributed by atoms with Gasteiger partial charge >= 0.3 is 0 Å². The van der Waals surface area contributed by atoms with Crippen LogP contribution in [0.25, 0.3) is 11.1 Å². The van der Waals surface area contributed by atoms with Gasteiger partial charge in [-0.25, -0.2) is 9.37 Å². The first-order chi connectivity index (χ1) is 9.13. The lowest BCUT2D eigenvalue weighted by Gasteiger charge is -1.96. The van der Waals surface area contributed by atoms with Gasteiger partial charge in [-0.2, -0.15) is 0 Å². The van der Waals surface area contributed by atoms with E-state index in [1.807, 2.05) is 13.0 Å². The molecule has 1 aromatic carbocycles. The van der Waals surface area contributed by atoms with Crippen LogP contribution in [-0.2, 0) is 0 Å². The Morgan fingerprint density at radius 3 is 2.63 bits per heavy atom. The molecule has 0 saturated carbocycles. The van der Waals surface area contributed by atoms with Crippen molar-refractivity contribution in [3.63, 3.8) is 0 Å². The van der Waals surface area contributed by atoms with Crippen LogP contribution in [0.1, 0.15) is 21.8 Å². The Morgan fingerprint density at radius 2 is 1.89 bits per heavy atom. The molecule has 4 heteroatoms. The lowest BCUT2D eigenvalue weighted by atomic mass is 10.1. The van der Waals surface area contributed by atoms with Crippen molar-refractivity contribution in [2.24, 2.45) is 0 Å². The van der Waals surface area contributed by atoms with Crippen molar-refractivity contribution >= 4 is 16.9 Å². The number of pyridine rings is 1. The van der Waals surface area contributed by atoms with Gasteiger partial charge in [-0.1, -0.05) is 0 Å². The quantitative estimate of drug-likeness (QED) is 0.658. The molecule has 94 valence electrons. The van der Waals surface area contributed by atoms with Crippen molar-refractivity contribution in [2.45, 2.75) is 6.92 Å². The minimum Gasteiger partial charge on any atom is -0.451 e. The molecule has 3 nitrogen and oxygen atoms in total. The number of nitrogens with zero attached hydrogens (tertiary/aromatic N) is 1. The van der Waals surface area contributed by atoms with E-state index in [-0.39, 0.29) is 17.4 Å². The van der Waals surface area contributed by atoms with Crippen molar-refractivity contribution in [2.75, 3.05) is 0 Å². The first-order valence-electron chi connectivity index (χ1n) is 5.81. The molecular weight excluding hydrogens is 245 g/mol. The fourth-order valence-corrected chi connectivity index (χ4v) is 1.88. The third kappa shape index (κ3) is 2.12. The molecule has 0 N–H and O–H groups in total. The molecule has 0 amide bonds. The highest BCUT2D eigenvalue weighted by molar-refractivity contribution is 6.08. The summed E-state index contributed by atoms with van der Waals surface area (Å²) < 4.78 is 18.3. The highest BCUT2D eigenvalue weighted by Crippen LogP contribution is 2.20. The van der Waals surface area contributed by atoms with Crippen LogP contribution in [-0.4, -0.2) is 10.8 Å². The number of benzene rings is 1. The molecule has 2 aromatic heterocycles. The third-order valence-corrected chi connectivity index (χ3v) is 2.84. The van der Waals surface area contributed by atoms with Gasteiger partial charge in [0.05, 0.1) is 0 Å². The number of aromatic nitrogens is 1. The van der Waals surface area contributed by atoms with Crippen molar-refractivity contribution in [1.29, 1.82) is 0 Å². The second kappa shape index (κ2) is 4.31. The SMILES string of the molecule is Cc1ccc2oc(C(=O)c3ccc(F)cc3)cc2n1. The topological polar surface area (TPSA) is 43.1 Å². The summed E-state index contributed by atoms with van der Waals surface area (Å²) in [7, 11) is 0. The minimum atomic E-state index is -0.376. The molecule has 0 aliphatic rings. The monoisotopic (exact) mass is 255 g/mol. The minimum absolute atomic E-state index is 0.208. The number of hydrogen-bond acceptors (Lipinski definition) is 3. The van der Waals surface area contributed by atoms with Crippen molar-refractivity contribution in [3.8, 4) is 0 Å². The normalized spacial score (nSPS) is 10.8. The number of carbonyl (C=O) groups excluding carboxylic acids is 1. The first-order valence-corrected chi connectivity index (χ1v) is 5.81. The molecule has 0 unspecified atom stereocenters. The maximum Gasteiger partial charge on any atom is 0.228 e. The summed E-state index contributed by atoms with van der Waals surface area (Å²) in [6.45, 7) is 1.87. The molecule has 0 bridgehead atoms. The zero-order chi connectivity index (χ0) is 13.4. The summed E-state index contributed by atoms with van der Waals surface area (Å²) in [6.07, 6.45) is 0. The molecule has 0 radical (unpaired) electrons. The second-order valence-corrected chi connectivity index (χ2v) is 4.28. The van der Waals surface area contributed by atoms with Crippen molar-refractivity contribution in [1.82, 2.24) is 4.98 Å². The van der Waals surface area contributed by atoms with Gasteiger partial charge in [-0.3, -0.25) is 4.79 Å². The number of fused-ring (bicyclic) bond motifs is 1. The van der Waals surface area contributed by atoms with Gasteiger partial charge in [0, 0.05) is 17.3 Å². The number of hydrogen-bond donors (Lipinski definition) is 0. The molecule has 0 fully saturated rings. The standard InChI is InChI=1S/C15H10FNO2/c1-9-2-7-13-12(17-9)8-14(19-13)15(18)10-3-5-11(16)6-4-10/h2-8H,1H3. The predicted octanol–water partition coefficient (Wildman–Crippen LogP) is 3.51. The Labute approximate surface area is 108 Å². The molecule has 0 aliphatic heterocycles. The van der Waals surface area contributed by atoms with Gasteiger partial charge in [0.1, 0.15) is 11.3 Å². The largest absolute Gasteiger partial charge is 0.451 e. The lowest BCUT2D eigenvalue weighted by Crippen LogP contribution is -1.99. The smallest absolute Gasteiger partial charge is 0.228 e. The number of rotatable bonds is 2. The predicted molar refractivity (Wildman–Crippen MR) is 68.6 cm³/mol. The van der Waals surface area contributed by atoms with E-state index in [0.29, 0.717) is 16.7 Å². The Balaban J connectivity index is 2.04. The molecule has 3 aromatic rings. The average Bonchev–Trinajstić information content (AvgIpc) is 2.81. The van der Waals surface area contributed by atoms with Crippen LogP contribution in [0.2, 0.25) is 0 Å². The molecule has 0 atom stereocenters. The molecule has 0 spiro atoms. The van der Waals surface area contributed by atoms with Gasteiger partial charge in [-0.05, 0) is 43.3 Å². The highest BCUT2D eigenvalue weighted by atomic mass is 19.1. The molecule has 3 rings (SSSR count). The molecule has 2 heterocycles. The van der Waals surface area contributed by atoms with Crippen LogP contribution in [0.15, 0.2) is 46.9 Å². The summed E-state index contributed by atoms with van der Waals surface area (Å²) in [6, 6.07) is 10.6. The maximum absolute atomic E-state index is 12.8. The molecule has 19 heavy (non-hydrogen) atoms. The Morgan fingerprint density at radius 1 is 1.16 bits per heavy atom. The summed E-state index contributed by atoms with van der Waals surface area (Å²) in [5.74, 6) is -0.450. The number of carbonyl (C=O) groups is 1. The summed E-state index contributed by atoms with van der Waals surface area (Å²) in [5, 5.41) is 0. The van der Waals surface area contributed by atoms with Crippen LogP contribution in [0.4, 0.5) is 4.39 Å². The second-order valence-electron chi connectivity index (χ2n) is 4.28. The Kier molecular flexibility index (Phi) is 2.63. The van der Waals surface area contributed by atoms with E-state index in [1.165, 1.54) is 24.3 Å². The third-order valence-electron chi connectivity index (χ3n) is 2.84. The van der Waals surface area contributed by atoms with Gasteiger partial charge < -0.3 is 4.42 Å².